The molecule has 0 fully saturated rings. The molecular weight excluding hydrogens is 508 g/mol. The first-order valence-electron chi connectivity index (χ1n) is 13.1. The SMILES string of the molecule is CCOc1cc(C(C(=O)N[C@H](CC(=O)O)c2ccccc2)N(N)c2ccc3cnccc3c2)ccc1OC(C)C. The lowest BCUT2D eigenvalue weighted by Gasteiger charge is -2.31. The zero-order valence-corrected chi connectivity index (χ0v) is 22.8. The molecule has 0 aliphatic carbocycles. The average molecular weight is 543 g/mol. The van der Waals surface area contributed by atoms with Crippen molar-refractivity contribution in [2.45, 2.75) is 45.4 Å². The van der Waals surface area contributed by atoms with Gasteiger partial charge in [0.1, 0.15) is 6.04 Å². The van der Waals surface area contributed by atoms with Crippen molar-refractivity contribution < 1.29 is 24.2 Å². The van der Waals surface area contributed by atoms with Crippen LogP contribution in [0.5, 0.6) is 11.5 Å². The number of amides is 1. The number of carbonyl (C=O) groups excluding carboxylic acids is 1. The summed E-state index contributed by atoms with van der Waals surface area (Å²) in [6.45, 7) is 6.10. The number of fused-ring (bicyclic) bond motifs is 1. The smallest absolute Gasteiger partial charge is 0.305 e. The van der Waals surface area contributed by atoms with Crippen molar-refractivity contribution in [1.29, 1.82) is 0 Å². The van der Waals surface area contributed by atoms with Crippen LogP contribution < -0.4 is 25.6 Å². The second-order valence-corrected chi connectivity index (χ2v) is 9.59. The number of carboxylic acids is 1. The van der Waals surface area contributed by atoms with Crippen LogP contribution in [0.25, 0.3) is 10.8 Å². The minimum atomic E-state index is -1.03. The van der Waals surface area contributed by atoms with Crippen LogP contribution in [0.15, 0.2) is 85.2 Å². The fourth-order valence-electron chi connectivity index (χ4n) is 4.50. The number of ether oxygens (including phenoxy) is 2. The molecule has 0 saturated heterocycles. The summed E-state index contributed by atoms with van der Waals surface area (Å²) in [6.07, 6.45) is 3.07. The molecule has 9 heteroatoms. The normalized spacial score (nSPS) is 12.5. The predicted octanol–water partition coefficient (Wildman–Crippen LogP) is 5.17. The second-order valence-electron chi connectivity index (χ2n) is 9.59. The molecule has 4 N–H and O–H groups in total. The highest BCUT2D eigenvalue weighted by Gasteiger charge is 2.30. The van der Waals surface area contributed by atoms with Gasteiger partial charge in [0.25, 0.3) is 0 Å². The van der Waals surface area contributed by atoms with Gasteiger partial charge < -0.3 is 19.9 Å². The van der Waals surface area contributed by atoms with Gasteiger partial charge in [-0.1, -0.05) is 42.5 Å². The Labute approximate surface area is 233 Å². The lowest BCUT2D eigenvalue weighted by Crippen LogP contribution is -2.45. The first-order chi connectivity index (χ1) is 19.3. The van der Waals surface area contributed by atoms with E-state index in [1.54, 1.807) is 54.9 Å². The lowest BCUT2D eigenvalue weighted by molar-refractivity contribution is -0.137. The van der Waals surface area contributed by atoms with Crippen molar-refractivity contribution in [3.05, 3.63) is 96.3 Å². The van der Waals surface area contributed by atoms with Crippen LogP contribution in [0, 0.1) is 0 Å². The van der Waals surface area contributed by atoms with E-state index in [-0.39, 0.29) is 12.5 Å². The molecule has 4 aromatic rings. The van der Waals surface area contributed by atoms with Crippen molar-refractivity contribution in [3.63, 3.8) is 0 Å². The van der Waals surface area contributed by atoms with Crippen molar-refractivity contribution in [2.24, 2.45) is 5.84 Å². The fraction of sp³-hybridized carbons (Fsp3) is 0.258. The van der Waals surface area contributed by atoms with Crippen LogP contribution in [-0.2, 0) is 9.59 Å². The van der Waals surface area contributed by atoms with Crippen LogP contribution in [0.3, 0.4) is 0 Å². The Bertz CT molecular complexity index is 1460. The predicted molar refractivity (Wildman–Crippen MR) is 154 cm³/mol. The van der Waals surface area contributed by atoms with Crippen molar-refractivity contribution >= 4 is 28.3 Å². The summed E-state index contributed by atoms with van der Waals surface area (Å²) in [5.41, 5.74) is 1.82. The maximum atomic E-state index is 14.0. The van der Waals surface area contributed by atoms with Gasteiger partial charge in [-0.2, -0.15) is 0 Å². The first-order valence-corrected chi connectivity index (χ1v) is 13.1. The molecule has 0 aliphatic rings. The summed E-state index contributed by atoms with van der Waals surface area (Å²) in [5.74, 6) is 6.22. The summed E-state index contributed by atoms with van der Waals surface area (Å²) < 4.78 is 11.8. The van der Waals surface area contributed by atoms with E-state index in [0.717, 1.165) is 10.8 Å². The number of carbonyl (C=O) groups is 2. The van der Waals surface area contributed by atoms with E-state index in [9.17, 15) is 14.7 Å². The van der Waals surface area contributed by atoms with Gasteiger partial charge in [0.05, 0.1) is 30.9 Å². The number of nitrogens with zero attached hydrogens (tertiary/aromatic N) is 2. The zero-order chi connectivity index (χ0) is 28.6. The number of hydrazine groups is 1. The maximum absolute atomic E-state index is 14.0. The Hall–Kier alpha value is -4.63. The van der Waals surface area contributed by atoms with Crippen molar-refractivity contribution in [2.75, 3.05) is 11.6 Å². The molecule has 0 saturated carbocycles. The number of carboxylic acid groups (broad SMARTS) is 1. The molecule has 1 heterocycles. The minimum Gasteiger partial charge on any atom is -0.490 e. The van der Waals surface area contributed by atoms with Gasteiger partial charge in [0, 0.05) is 17.8 Å². The highest BCUT2D eigenvalue weighted by Crippen LogP contribution is 2.35. The topological polar surface area (TPSA) is 127 Å². The van der Waals surface area contributed by atoms with Gasteiger partial charge in [-0.25, -0.2) is 5.84 Å². The van der Waals surface area contributed by atoms with Gasteiger partial charge >= 0.3 is 5.97 Å². The second kappa shape index (κ2) is 12.9. The summed E-state index contributed by atoms with van der Waals surface area (Å²) in [6, 6.07) is 19.9. The van der Waals surface area contributed by atoms with Gasteiger partial charge in [-0.05, 0) is 67.6 Å². The van der Waals surface area contributed by atoms with Crippen molar-refractivity contribution in [3.8, 4) is 11.5 Å². The zero-order valence-electron chi connectivity index (χ0n) is 22.8. The number of rotatable bonds is 12. The summed E-state index contributed by atoms with van der Waals surface area (Å²) in [4.78, 5) is 29.9. The molecule has 3 aromatic carbocycles. The number of anilines is 1. The Balaban J connectivity index is 1.77. The maximum Gasteiger partial charge on any atom is 0.305 e. The largest absolute Gasteiger partial charge is 0.490 e. The standard InChI is InChI=1S/C31H34N4O5/c1-4-39-28-17-23(11-13-27(28)40-20(2)3)30(35(32)25-12-10-24-19-33-15-14-22(24)16-25)31(38)34-26(18-29(36)37)21-8-6-5-7-9-21/h5-17,19-20,26,30H,4,18,32H2,1-3H3,(H,34,38)(H,36,37)/t26-,30?/m1/s1. The molecule has 208 valence electrons. The van der Waals surface area contributed by atoms with Crippen molar-refractivity contribution in [1.82, 2.24) is 10.3 Å². The summed E-state index contributed by atoms with van der Waals surface area (Å²) >= 11 is 0. The van der Waals surface area contributed by atoms with Gasteiger partial charge in [-0.3, -0.25) is 19.6 Å². The number of hydrogen-bond donors (Lipinski definition) is 3. The van der Waals surface area contributed by atoms with E-state index in [1.165, 1.54) is 5.01 Å². The van der Waals surface area contributed by atoms with Crippen LogP contribution in [0.2, 0.25) is 0 Å². The Kier molecular flexibility index (Phi) is 9.19. The molecule has 0 spiro atoms. The number of nitrogens with two attached hydrogens (primary N) is 1. The molecule has 40 heavy (non-hydrogen) atoms. The fourth-order valence-corrected chi connectivity index (χ4v) is 4.50. The molecule has 1 aromatic heterocycles. The highest BCUT2D eigenvalue weighted by molar-refractivity contribution is 5.90. The molecular formula is C31H34N4O5. The average Bonchev–Trinajstić information content (AvgIpc) is 2.94. The number of nitrogens with one attached hydrogen (secondary N) is 1. The van der Waals surface area contributed by atoms with Crippen LogP contribution in [0.4, 0.5) is 5.69 Å². The molecule has 2 atom stereocenters. The van der Waals surface area contributed by atoms with E-state index in [1.807, 2.05) is 51.1 Å². The minimum absolute atomic E-state index is 0.0788. The molecule has 4 rings (SSSR count). The summed E-state index contributed by atoms with van der Waals surface area (Å²) in [7, 11) is 0. The van der Waals surface area contributed by atoms with Gasteiger partial charge in [0.15, 0.2) is 11.5 Å². The van der Waals surface area contributed by atoms with Crippen LogP contribution in [0.1, 0.15) is 50.4 Å². The summed E-state index contributed by atoms with van der Waals surface area (Å²) in [5, 5.41) is 15.7. The van der Waals surface area contributed by atoms with Gasteiger partial charge in [0.2, 0.25) is 5.91 Å². The molecule has 0 aliphatic heterocycles. The van der Waals surface area contributed by atoms with E-state index in [4.69, 9.17) is 15.3 Å². The number of pyridine rings is 1. The quantitative estimate of drug-likeness (QED) is 0.165. The van der Waals surface area contributed by atoms with E-state index in [2.05, 4.69) is 10.3 Å². The molecule has 0 radical (unpaired) electrons. The molecule has 1 amide bonds. The van der Waals surface area contributed by atoms with Gasteiger partial charge in [-0.15, -0.1) is 0 Å². The number of benzene rings is 3. The Morgan fingerprint density at radius 2 is 1.75 bits per heavy atom. The monoisotopic (exact) mass is 542 g/mol. The van der Waals surface area contributed by atoms with Crippen LogP contribution >= 0.6 is 0 Å². The molecule has 1 unspecified atom stereocenters. The van der Waals surface area contributed by atoms with E-state index >= 15 is 0 Å². The number of hydrogen-bond acceptors (Lipinski definition) is 7. The Morgan fingerprint density at radius 3 is 2.45 bits per heavy atom. The number of aromatic nitrogens is 1. The Morgan fingerprint density at radius 1 is 0.975 bits per heavy atom. The number of aliphatic carboxylic acids is 1. The highest BCUT2D eigenvalue weighted by atomic mass is 16.5. The van der Waals surface area contributed by atoms with E-state index < -0.39 is 24.0 Å². The third kappa shape index (κ3) is 6.86. The van der Waals surface area contributed by atoms with Crippen LogP contribution in [-0.4, -0.2) is 34.7 Å². The third-order valence-corrected chi connectivity index (χ3v) is 6.29. The van der Waals surface area contributed by atoms with E-state index in [0.29, 0.717) is 34.9 Å². The molecule has 0 bridgehead atoms. The first kappa shape index (κ1) is 28.4. The third-order valence-electron chi connectivity index (χ3n) is 6.29. The molecule has 9 nitrogen and oxygen atoms in total. The lowest BCUT2D eigenvalue weighted by atomic mass is 10.00.